The molecule has 0 saturated heterocycles. The molecule has 4 nitrogen and oxygen atoms in total. The highest BCUT2D eigenvalue weighted by Crippen LogP contribution is 2.59. The number of nitrogens with one attached hydrogen (secondary N) is 2. The molecule has 0 bridgehead atoms. The van der Waals surface area contributed by atoms with Crippen LogP contribution in [0.2, 0.25) is 0 Å². The van der Waals surface area contributed by atoms with Crippen molar-refractivity contribution in [3.63, 3.8) is 0 Å². The van der Waals surface area contributed by atoms with Gasteiger partial charge in [-0.25, -0.2) is 0 Å². The van der Waals surface area contributed by atoms with Gasteiger partial charge in [-0.2, -0.15) is 87.8 Å². The maximum absolute atomic E-state index is 13.6. The molecule has 0 aromatic heterocycles. The topological polar surface area (TPSA) is 58.2 Å². The van der Waals surface area contributed by atoms with Gasteiger partial charge < -0.3 is 10.6 Å². The molecule has 0 aromatic rings. The Hall–Kier alpha value is -1.88. The maximum Gasteiger partial charge on any atom is 0.393 e. The Morgan fingerprint density at radius 1 is 0.386 bits per heavy atom. The number of alkyl halides is 22. The number of carbonyl (C=O) groups excluding carboxylic acids is 2. The van der Waals surface area contributed by atoms with E-state index in [0.29, 0.717) is 0 Å². The zero-order chi connectivity index (χ0) is 35.8. The van der Waals surface area contributed by atoms with Gasteiger partial charge in [0.25, 0.3) is 11.8 Å². The lowest BCUT2D eigenvalue weighted by Crippen LogP contribution is -2.69. The summed E-state index contributed by atoms with van der Waals surface area (Å²) in [4.78, 5) is 22.5. The molecule has 0 heterocycles. The highest BCUT2D eigenvalue weighted by molar-refractivity contribution is 6.22. The standard InChI is InChI=1S/C18H14Cl2F20N2O2/c19-17(37,38)15(33,34)13(29,30)11(25,26)9(21,22)7(43)41-5-3-1-2-4-6-42-8(44)10(23,24)12(27,28)14(31,32)16(35,36)18(20,39)40/h1-6H2,(H,41,43)(H,42,44). The molecule has 0 spiro atoms. The van der Waals surface area contributed by atoms with Crippen LogP contribution in [0.5, 0.6) is 0 Å². The molecule has 26 heteroatoms. The molecule has 0 aromatic carbocycles. The van der Waals surface area contributed by atoms with Gasteiger partial charge in [0.1, 0.15) is 0 Å². The van der Waals surface area contributed by atoms with Crippen LogP contribution in [0.4, 0.5) is 87.8 Å². The predicted octanol–water partition coefficient (Wildman–Crippen LogP) is 7.52. The molecular weight excluding hydrogens is 727 g/mol. The fourth-order valence-corrected chi connectivity index (χ4v) is 2.90. The predicted molar refractivity (Wildman–Crippen MR) is 106 cm³/mol. The van der Waals surface area contributed by atoms with E-state index in [4.69, 9.17) is 0 Å². The smallest absolute Gasteiger partial charge is 0.351 e. The summed E-state index contributed by atoms with van der Waals surface area (Å²) in [6.45, 7) is -2.35. The van der Waals surface area contributed by atoms with E-state index in [2.05, 4.69) is 23.2 Å². The first-order valence-corrected chi connectivity index (χ1v) is 11.5. The Kier molecular flexibility index (Phi) is 12.2. The van der Waals surface area contributed by atoms with Crippen molar-refractivity contribution in [1.82, 2.24) is 10.6 Å². The molecule has 0 atom stereocenters. The molecule has 0 unspecified atom stereocenters. The third-order valence-electron chi connectivity index (χ3n) is 5.32. The van der Waals surface area contributed by atoms with E-state index in [9.17, 15) is 97.4 Å². The number of hydrogen-bond donors (Lipinski definition) is 2. The summed E-state index contributed by atoms with van der Waals surface area (Å²) in [6.07, 6.45) is -2.16. The van der Waals surface area contributed by atoms with Crippen LogP contribution < -0.4 is 10.6 Å². The van der Waals surface area contributed by atoms with Gasteiger partial charge in [-0.05, 0) is 36.0 Å². The van der Waals surface area contributed by atoms with Crippen LogP contribution in [0.25, 0.3) is 0 Å². The first kappa shape index (κ1) is 42.1. The number of hydrogen-bond acceptors (Lipinski definition) is 2. The van der Waals surface area contributed by atoms with E-state index in [1.807, 2.05) is 0 Å². The van der Waals surface area contributed by atoms with E-state index in [1.165, 1.54) is 0 Å². The maximum atomic E-state index is 13.6. The summed E-state index contributed by atoms with van der Waals surface area (Å²) < 4.78 is 263. The van der Waals surface area contributed by atoms with Gasteiger partial charge in [0, 0.05) is 13.1 Å². The number of amides is 2. The second-order valence-corrected chi connectivity index (χ2v) is 9.47. The fraction of sp³-hybridized carbons (Fsp3) is 0.889. The van der Waals surface area contributed by atoms with Gasteiger partial charge in [0.15, 0.2) is 0 Å². The molecule has 0 saturated carbocycles. The molecule has 0 rings (SSSR count). The minimum atomic E-state index is -7.61. The SMILES string of the molecule is O=C(NCCCCCCNC(=O)C(F)(F)C(F)(F)C(F)(F)C(F)(F)C(F)(F)Cl)C(F)(F)C(F)(F)C(F)(F)C(F)(F)C(F)(F)Cl. The molecule has 0 aliphatic rings. The van der Waals surface area contributed by atoms with Crippen molar-refractivity contribution in [3.05, 3.63) is 0 Å². The van der Waals surface area contributed by atoms with E-state index in [1.54, 1.807) is 0 Å². The Morgan fingerprint density at radius 2 is 0.614 bits per heavy atom. The molecule has 44 heavy (non-hydrogen) atoms. The molecule has 0 fully saturated rings. The molecule has 262 valence electrons. The number of halogens is 22. The van der Waals surface area contributed by atoms with Crippen LogP contribution in [-0.4, -0.2) is 83.0 Å². The second-order valence-electron chi connectivity index (χ2n) is 8.52. The Balaban J connectivity index is 5.04. The minimum absolute atomic E-state index is 0.438. The van der Waals surface area contributed by atoms with Crippen molar-refractivity contribution in [2.75, 3.05) is 13.1 Å². The van der Waals surface area contributed by atoms with Crippen LogP contribution >= 0.6 is 23.2 Å². The number of rotatable bonds is 17. The van der Waals surface area contributed by atoms with Gasteiger partial charge in [-0.1, -0.05) is 12.8 Å². The molecule has 0 aliphatic heterocycles. The summed E-state index contributed by atoms with van der Waals surface area (Å²) in [5, 5.41) is -11.3. The average molecular weight is 741 g/mol. The summed E-state index contributed by atoms with van der Waals surface area (Å²) in [5.74, 6) is -65.0. The Morgan fingerprint density at radius 3 is 0.818 bits per heavy atom. The van der Waals surface area contributed by atoms with E-state index in [0.717, 1.165) is 10.6 Å². The second kappa shape index (κ2) is 12.7. The zero-order valence-electron chi connectivity index (χ0n) is 20.4. The normalized spacial score (nSPS) is 15.3. The third-order valence-corrected chi connectivity index (χ3v) is 5.80. The van der Waals surface area contributed by atoms with Crippen molar-refractivity contribution in [1.29, 1.82) is 0 Å². The van der Waals surface area contributed by atoms with Crippen LogP contribution in [-0.2, 0) is 9.59 Å². The quantitative estimate of drug-likeness (QED) is 0.0922. The first-order valence-electron chi connectivity index (χ1n) is 10.8. The highest BCUT2D eigenvalue weighted by atomic mass is 35.5. The van der Waals surface area contributed by atoms with Gasteiger partial charge in [-0.3, -0.25) is 9.59 Å². The fourth-order valence-electron chi connectivity index (χ4n) is 2.66. The molecule has 2 N–H and O–H groups in total. The zero-order valence-corrected chi connectivity index (χ0v) is 21.9. The van der Waals surface area contributed by atoms with Crippen molar-refractivity contribution in [2.24, 2.45) is 0 Å². The van der Waals surface area contributed by atoms with Crippen LogP contribution in [0, 0.1) is 0 Å². The van der Waals surface area contributed by atoms with Gasteiger partial charge in [0.2, 0.25) is 0 Å². The average Bonchev–Trinajstić information content (AvgIpc) is 2.82. The monoisotopic (exact) mass is 740 g/mol. The summed E-state index contributed by atoms with van der Waals surface area (Å²) in [5.41, 5.74) is 0. The lowest BCUT2D eigenvalue weighted by molar-refractivity contribution is -0.382. The van der Waals surface area contributed by atoms with Gasteiger partial charge in [-0.15, -0.1) is 0 Å². The Bertz CT molecular complexity index is 945. The van der Waals surface area contributed by atoms with Crippen LogP contribution in [0.3, 0.4) is 0 Å². The van der Waals surface area contributed by atoms with E-state index in [-0.39, 0.29) is 0 Å². The van der Waals surface area contributed by atoms with Crippen molar-refractivity contribution < 1.29 is 97.4 Å². The Labute approximate surface area is 240 Å². The lowest BCUT2D eigenvalue weighted by atomic mass is 9.98. The van der Waals surface area contributed by atoms with E-state index < -0.39 is 109 Å². The minimum Gasteiger partial charge on any atom is -0.351 e. The van der Waals surface area contributed by atoms with Gasteiger partial charge in [0.05, 0.1) is 0 Å². The molecular formula is C18H14Cl2F20N2O2. The van der Waals surface area contributed by atoms with Crippen molar-refractivity contribution in [2.45, 2.75) is 83.8 Å². The molecule has 0 aliphatic carbocycles. The summed E-state index contributed by atoms with van der Waals surface area (Å²) in [6, 6.07) is 0. The number of carbonyl (C=O) groups is 2. The van der Waals surface area contributed by atoms with Crippen molar-refractivity contribution in [3.8, 4) is 0 Å². The third kappa shape index (κ3) is 7.08. The van der Waals surface area contributed by atoms with Crippen molar-refractivity contribution >= 4 is 35.0 Å². The molecule has 0 radical (unpaired) electrons. The highest BCUT2D eigenvalue weighted by Gasteiger charge is 2.88. The summed E-state index contributed by atoms with van der Waals surface area (Å²) >= 11 is 7.17. The first-order chi connectivity index (χ1) is 19.0. The van der Waals surface area contributed by atoms with Gasteiger partial charge >= 0.3 is 58.1 Å². The lowest BCUT2D eigenvalue weighted by Gasteiger charge is -2.37. The van der Waals surface area contributed by atoms with Crippen LogP contribution in [0.15, 0.2) is 0 Å². The van der Waals surface area contributed by atoms with Crippen LogP contribution in [0.1, 0.15) is 25.7 Å². The molecule has 2 amide bonds. The summed E-state index contributed by atoms with van der Waals surface area (Å²) in [7, 11) is 0. The number of unbranched alkanes of at least 4 members (excludes halogenated alkanes) is 3. The largest absolute Gasteiger partial charge is 0.393 e. The van der Waals surface area contributed by atoms with E-state index >= 15 is 0 Å².